The Morgan fingerprint density at radius 3 is 2.40 bits per heavy atom. The van der Waals surface area contributed by atoms with Gasteiger partial charge in [0.2, 0.25) is 0 Å². The van der Waals surface area contributed by atoms with Crippen molar-refractivity contribution < 1.29 is 14.3 Å². The van der Waals surface area contributed by atoms with Crippen molar-refractivity contribution in [3.63, 3.8) is 0 Å². The number of hydrogen-bond acceptors (Lipinski definition) is 5. The average Bonchev–Trinajstić information content (AvgIpc) is 2.81. The van der Waals surface area contributed by atoms with Gasteiger partial charge < -0.3 is 14.4 Å². The second-order valence-corrected chi connectivity index (χ2v) is 7.88. The first-order valence-electron chi connectivity index (χ1n) is 10.9. The molecule has 6 heteroatoms. The van der Waals surface area contributed by atoms with Crippen LogP contribution in [0.2, 0.25) is 0 Å². The van der Waals surface area contributed by atoms with Crippen LogP contribution in [-0.2, 0) is 11.3 Å². The van der Waals surface area contributed by atoms with E-state index in [1.165, 1.54) is 5.56 Å². The van der Waals surface area contributed by atoms with E-state index >= 15 is 0 Å². The predicted octanol–water partition coefficient (Wildman–Crippen LogP) is 2.36. The fourth-order valence-electron chi connectivity index (χ4n) is 3.99. The Hall–Kier alpha value is -2.41. The van der Waals surface area contributed by atoms with Crippen LogP contribution in [0.15, 0.2) is 54.6 Å². The highest BCUT2D eigenvalue weighted by atomic mass is 16.5. The van der Waals surface area contributed by atoms with Gasteiger partial charge >= 0.3 is 0 Å². The standard InChI is InChI=1S/C24H31N3O3/c28-24(22-6-4-5-21(19-22)20-26-13-16-29-17-14-26)27-11-9-25(10-12-27)15-18-30-23-7-2-1-3-8-23/h1-8,19H,9-18,20H2. The van der Waals surface area contributed by atoms with Crippen molar-refractivity contribution in [1.82, 2.24) is 14.7 Å². The van der Waals surface area contributed by atoms with Gasteiger partial charge in [0.15, 0.2) is 0 Å². The van der Waals surface area contributed by atoms with Crippen molar-refractivity contribution >= 4 is 5.91 Å². The number of rotatable bonds is 7. The number of para-hydroxylation sites is 1. The maximum absolute atomic E-state index is 13.0. The molecule has 0 aromatic heterocycles. The average molecular weight is 410 g/mol. The maximum Gasteiger partial charge on any atom is 0.253 e. The van der Waals surface area contributed by atoms with Gasteiger partial charge in [0.25, 0.3) is 5.91 Å². The predicted molar refractivity (Wildman–Crippen MR) is 117 cm³/mol. The van der Waals surface area contributed by atoms with Crippen LogP contribution >= 0.6 is 0 Å². The molecule has 0 unspecified atom stereocenters. The van der Waals surface area contributed by atoms with Crippen molar-refractivity contribution in [2.45, 2.75) is 6.54 Å². The lowest BCUT2D eigenvalue weighted by Gasteiger charge is -2.34. The third-order valence-electron chi connectivity index (χ3n) is 5.76. The Morgan fingerprint density at radius 1 is 0.867 bits per heavy atom. The molecule has 30 heavy (non-hydrogen) atoms. The smallest absolute Gasteiger partial charge is 0.253 e. The molecule has 0 aliphatic carbocycles. The first-order chi connectivity index (χ1) is 14.8. The second-order valence-electron chi connectivity index (χ2n) is 7.88. The lowest BCUT2D eigenvalue weighted by atomic mass is 10.1. The highest BCUT2D eigenvalue weighted by Gasteiger charge is 2.22. The van der Waals surface area contributed by atoms with Gasteiger partial charge in [-0.3, -0.25) is 14.6 Å². The van der Waals surface area contributed by atoms with E-state index in [1.807, 2.05) is 47.4 Å². The summed E-state index contributed by atoms with van der Waals surface area (Å²) in [5, 5.41) is 0. The summed E-state index contributed by atoms with van der Waals surface area (Å²) in [6.45, 7) is 9.21. The SMILES string of the molecule is O=C(c1cccc(CN2CCOCC2)c1)N1CCN(CCOc2ccccc2)CC1. The van der Waals surface area contributed by atoms with Crippen LogP contribution in [0.4, 0.5) is 0 Å². The Morgan fingerprint density at radius 2 is 1.63 bits per heavy atom. The van der Waals surface area contributed by atoms with Crippen molar-refractivity contribution in [2.24, 2.45) is 0 Å². The van der Waals surface area contributed by atoms with Crippen molar-refractivity contribution in [1.29, 1.82) is 0 Å². The molecule has 2 heterocycles. The zero-order valence-electron chi connectivity index (χ0n) is 17.5. The quantitative estimate of drug-likeness (QED) is 0.703. The van der Waals surface area contributed by atoms with Gasteiger partial charge in [0.1, 0.15) is 12.4 Å². The second kappa shape index (κ2) is 10.6. The molecule has 0 N–H and O–H groups in total. The van der Waals surface area contributed by atoms with E-state index in [9.17, 15) is 4.79 Å². The van der Waals surface area contributed by atoms with Gasteiger partial charge in [-0.2, -0.15) is 0 Å². The van der Waals surface area contributed by atoms with Crippen LogP contribution in [0, 0.1) is 0 Å². The third-order valence-corrected chi connectivity index (χ3v) is 5.76. The Kier molecular flexibility index (Phi) is 7.34. The van der Waals surface area contributed by atoms with Gasteiger partial charge in [-0.25, -0.2) is 0 Å². The monoisotopic (exact) mass is 409 g/mol. The number of carbonyl (C=O) groups excluding carboxylic acids is 1. The molecule has 0 spiro atoms. The molecular formula is C24H31N3O3. The van der Waals surface area contributed by atoms with Gasteiger partial charge in [0.05, 0.1) is 13.2 Å². The molecule has 160 valence electrons. The molecule has 0 radical (unpaired) electrons. The molecular weight excluding hydrogens is 378 g/mol. The molecule has 6 nitrogen and oxygen atoms in total. The molecule has 2 aromatic carbocycles. The summed E-state index contributed by atoms with van der Waals surface area (Å²) < 4.78 is 11.2. The van der Waals surface area contributed by atoms with E-state index in [0.717, 1.165) is 76.9 Å². The van der Waals surface area contributed by atoms with Gasteiger partial charge in [0, 0.05) is 57.9 Å². The normalized spacial score (nSPS) is 18.3. The first-order valence-corrected chi connectivity index (χ1v) is 10.9. The van der Waals surface area contributed by atoms with Crippen LogP contribution in [0.1, 0.15) is 15.9 Å². The van der Waals surface area contributed by atoms with Gasteiger partial charge in [-0.05, 0) is 29.8 Å². The fourth-order valence-corrected chi connectivity index (χ4v) is 3.99. The van der Waals surface area contributed by atoms with E-state index in [2.05, 4.69) is 21.9 Å². The maximum atomic E-state index is 13.0. The number of amides is 1. The highest BCUT2D eigenvalue weighted by molar-refractivity contribution is 5.94. The molecule has 0 atom stereocenters. The minimum Gasteiger partial charge on any atom is -0.492 e. The van der Waals surface area contributed by atoms with Crippen LogP contribution in [0.5, 0.6) is 5.75 Å². The van der Waals surface area contributed by atoms with Crippen LogP contribution in [-0.4, -0.2) is 86.2 Å². The summed E-state index contributed by atoms with van der Waals surface area (Å²) in [5.74, 6) is 1.04. The Balaban J connectivity index is 1.23. The zero-order valence-corrected chi connectivity index (χ0v) is 17.5. The molecule has 2 fully saturated rings. The molecule has 2 aliphatic rings. The number of hydrogen-bond donors (Lipinski definition) is 0. The number of benzene rings is 2. The summed E-state index contributed by atoms with van der Waals surface area (Å²) in [5.41, 5.74) is 1.99. The van der Waals surface area contributed by atoms with E-state index < -0.39 is 0 Å². The summed E-state index contributed by atoms with van der Waals surface area (Å²) >= 11 is 0. The van der Waals surface area contributed by atoms with Crippen molar-refractivity contribution in [2.75, 3.05) is 65.6 Å². The molecule has 2 aliphatic heterocycles. The van der Waals surface area contributed by atoms with E-state index in [4.69, 9.17) is 9.47 Å². The summed E-state index contributed by atoms with van der Waals surface area (Å²) in [7, 11) is 0. The summed E-state index contributed by atoms with van der Waals surface area (Å²) in [6, 6.07) is 18.0. The van der Waals surface area contributed by atoms with Gasteiger partial charge in [-0.15, -0.1) is 0 Å². The van der Waals surface area contributed by atoms with Gasteiger partial charge in [-0.1, -0.05) is 30.3 Å². The summed E-state index contributed by atoms with van der Waals surface area (Å²) in [4.78, 5) is 19.7. The lowest BCUT2D eigenvalue weighted by Crippen LogP contribution is -2.49. The van der Waals surface area contributed by atoms with Crippen molar-refractivity contribution in [3.8, 4) is 5.75 Å². The zero-order chi connectivity index (χ0) is 20.6. The van der Waals surface area contributed by atoms with Crippen LogP contribution in [0.25, 0.3) is 0 Å². The lowest BCUT2D eigenvalue weighted by molar-refractivity contribution is 0.0341. The number of piperazine rings is 1. The van der Waals surface area contributed by atoms with Crippen molar-refractivity contribution in [3.05, 3.63) is 65.7 Å². The summed E-state index contributed by atoms with van der Waals surface area (Å²) in [6.07, 6.45) is 0. The molecule has 2 saturated heterocycles. The van der Waals surface area contributed by atoms with E-state index in [0.29, 0.717) is 6.61 Å². The molecule has 0 saturated carbocycles. The number of ether oxygens (including phenoxy) is 2. The Bertz CT molecular complexity index is 800. The number of morpholine rings is 1. The first kappa shape index (κ1) is 20.8. The fraction of sp³-hybridized carbons (Fsp3) is 0.458. The molecule has 2 aromatic rings. The minimum atomic E-state index is 0.138. The third kappa shape index (κ3) is 5.81. The number of carbonyl (C=O) groups is 1. The topological polar surface area (TPSA) is 45.2 Å². The van der Waals surface area contributed by atoms with Crippen LogP contribution in [0.3, 0.4) is 0 Å². The molecule has 0 bridgehead atoms. The number of nitrogens with zero attached hydrogens (tertiary/aromatic N) is 3. The highest BCUT2D eigenvalue weighted by Crippen LogP contribution is 2.14. The molecule has 1 amide bonds. The Labute approximate surface area is 179 Å². The largest absolute Gasteiger partial charge is 0.492 e. The molecule has 4 rings (SSSR count). The minimum absolute atomic E-state index is 0.138. The van der Waals surface area contributed by atoms with E-state index in [-0.39, 0.29) is 5.91 Å². The van der Waals surface area contributed by atoms with E-state index in [1.54, 1.807) is 0 Å². The van der Waals surface area contributed by atoms with Crippen LogP contribution < -0.4 is 4.74 Å².